The van der Waals surface area contributed by atoms with Gasteiger partial charge in [0.25, 0.3) is 5.91 Å². The summed E-state index contributed by atoms with van der Waals surface area (Å²) < 4.78 is 14.5. The first kappa shape index (κ1) is 17.8. The van der Waals surface area contributed by atoms with Crippen molar-refractivity contribution in [3.8, 4) is 0 Å². The molecule has 0 fully saturated rings. The summed E-state index contributed by atoms with van der Waals surface area (Å²) in [6.45, 7) is 1.43. The Labute approximate surface area is 152 Å². The molecule has 1 heterocycles. The molecule has 2 amide bonds. The van der Waals surface area contributed by atoms with Crippen molar-refractivity contribution in [3.05, 3.63) is 53.9 Å². The van der Waals surface area contributed by atoms with E-state index in [2.05, 4.69) is 10.3 Å². The van der Waals surface area contributed by atoms with Crippen molar-refractivity contribution in [3.63, 3.8) is 0 Å². The van der Waals surface area contributed by atoms with Gasteiger partial charge in [-0.3, -0.25) is 13.8 Å². The number of rotatable bonds is 5. The number of aromatic nitrogens is 2. The van der Waals surface area contributed by atoms with Crippen molar-refractivity contribution in [2.45, 2.75) is 17.6 Å². The van der Waals surface area contributed by atoms with Crippen LogP contribution in [0, 0.1) is 0 Å². The first-order valence-electron chi connectivity index (χ1n) is 7.87. The Hall–Kier alpha value is -3.00. The maximum absolute atomic E-state index is 12.7. The van der Waals surface area contributed by atoms with Gasteiger partial charge < -0.3 is 15.6 Å². The summed E-state index contributed by atoms with van der Waals surface area (Å²) in [6.07, 6.45) is 0. The molecule has 0 saturated carbocycles. The summed E-state index contributed by atoms with van der Waals surface area (Å²) in [5.41, 5.74) is 7.66. The lowest BCUT2D eigenvalue weighted by atomic mass is 10.2. The van der Waals surface area contributed by atoms with Gasteiger partial charge in [0.05, 0.1) is 27.6 Å². The molecule has 3 rings (SSSR count). The third kappa shape index (κ3) is 3.50. The monoisotopic (exact) mass is 370 g/mol. The number of benzene rings is 2. The van der Waals surface area contributed by atoms with Crippen LogP contribution in [0.4, 0.5) is 5.69 Å². The van der Waals surface area contributed by atoms with Crippen molar-refractivity contribution in [2.75, 3.05) is 5.32 Å². The van der Waals surface area contributed by atoms with E-state index in [-0.39, 0.29) is 11.7 Å². The van der Waals surface area contributed by atoms with E-state index in [9.17, 15) is 13.8 Å². The largest absolute Gasteiger partial charge is 0.366 e. The number of hydrogen-bond acceptors (Lipinski definition) is 4. The number of fused-ring (bicyclic) bond motifs is 1. The Morgan fingerprint density at radius 3 is 2.50 bits per heavy atom. The molecular formula is C18H18N4O3S. The summed E-state index contributed by atoms with van der Waals surface area (Å²) >= 11 is 0. The van der Waals surface area contributed by atoms with E-state index in [1.54, 1.807) is 36.4 Å². The van der Waals surface area contributed by atoms with Crippen LogP contribution in [0.3, 0.4) is 0 Å². The minimum Gasteiger partial charge on any atom is -0.366 e. The van der Waals surface area contributed by atoms with Gasteiger partial charge in [0.2, 0.25) is 5.91 Å². The van der Waals surface area contributed by atoms with E-state index in [0.29, 0.717) is 27.5 Å². The standard InChI is InChI=1S/C18H18N4O3S/c1-11(23)20-12-6-8-13(9-7-12)26(25)10-16-21-17-14(18(19)24)4-3-5-15(17)22(16)2/h3-9H,10H2,1-2H3,(H2,19,24)(H,20,23). The zero-order chi connectivity index (χ0) is 18.8. The summed E-state index contributed by atoms with van der Waals surface area (Å²) in [7, 11) is 0.490. The predicted octanol–water partition coefficient (Wildman–Crippen LogP) is 1.94. The molecule has 7 nitrogen and oxygen atoms in total. The van der Waals surface area contributed by atoms with Crippen molar-refractivity contribution >= 4 is 39.3 Å². The molecule has 8 heteroatoms. The van der Waals surface area contributed by atoms with Crippen LogP contribution in [0.15, 0.2) is 47.4 Å². The number of anilines is 1. The number of amides is 2. The number of nitrogens with two attached hydrogens (primary N) is 1. The van der Waals surface area contributed by atoms with Gasteiger partial charge in [0.15, 0.2) is 0 Å². The van der Waals surface area contributed by atoms with Gasteiger partial charge >= 0.3 is 0 Å². The summed E-state index contributed by atoms with van der Waals surface area (Å²) in [5, 5.41) is 2.67. The molecule has 134 valence electrons. The highest BCUT2D eigenvalue weighted by atomic mass is 32.2. The zero-order valence-corrected chi connectivity index (χ0v) is 15.2. The SMILES string of the molecule is CC(=O)Nc1ccc(S(=O)Cc2nc3c(C(N)=O)cccc3n2C)cc1. The van der Waals surface area contributed by atoms with Crippen LogP contribution >= 0.6 is 0 Å². The van der Waals surface area contributed by atoms with Crippen molar-refractivity contribution in [1.82, 2.24) is 9.55 Å². The number of para-hydroxylation sites is 1. The highest BCUT2D eigenvalue weighted by Gasteiger charge is 2.16. The normalized spacial score (nSPS) is 12.1. The molecule has 0 radical (unpaired) electrons. The molecule has 0 bridgehead atoms. The molecule has 1 unspecified atom stereocenters. The van der Waals surface area contributed by atoms with E-state index >= 15 is 0 Å². The quantitative estimate of drug-likeness (QED) is 0.715. The first-order chi connectivity index (χ1) is 12.4. The molecular weight excluding hydrogens is 352 g/mol. The summed E-state index contributed by atoms with van der Waals surface area (Å²) in [4.78, 5) is 27.7. The van der Waals surface area contributed by atoms with Gasteiger partial charge in [-0.05, 0) is 36.4 Å². The van der Waals surface area contributed by atoms with Crippen LogP contribution in [0.5, 0.6) is 0 Å². The predicted molar refractivity (Wildman–Crippen MR) is 100 cm³/mol. The highest BCUT2D eigenvalue weighted by Crippen LogP contribution is 2.21. The number of imidazole rings is 1. The molecule has 26 heavy (non-hydrogen) atoms. The van der Waals surface area contributed by atoms with Gasteiger partial charge in [0, 0.05) is 24.6 Å². The maximum atomic E-state index is 12.7. The molecule has 1 aromatic heterocycles. The molecule has 3 N–H and O–H groups in total. The van der Waals surface area contributed by atoms with E-state index in [1.165, 1.54) is 6.92 Å². The fourth-order valence-corrected chi connectivity index (χ4v) is 3.78. The number of primary amides is 1. The van der Waals surface area contributed by atoms with Crippen LogP contribution in [-0.2, 0) is 28.4 Å². The number of carbonyl (C=O) groups is 2. The van der Waals surface area contributed by atoms with Gasteiger partial charge in [-0.15, -0.1) is 0 Å². The van der Waals surface area contributed by atoms with Crippen LogP contribution in [0.25, 0.3) is 11.0 Å². The van der Waals surface area contributed by atoms with Crippen LogP contribution in [-0.4, -0.2) is 25.6 Å². The average molecular weight is 370 g/mol. The fourth-order valence-electron chi connectivity index (χ4n) is 2.68. The molecule has 0 aliphatic heterocycles. The lowest BCUT2D eigenvalue weighted by Gasteiger charge is -2.05. The molecule has 0 saturated heterocycles. The van der Waals surface area contributed by atoms with E-state index in [0.717, 1.165) is 5.52 Å². The van der Waals surface area contributed by atoms with E-state index in [4.69, 9.17) is 5.73 Å². The summed E-state index contributed by atoms with van der Waals surface area (Å²) in [5.74, 6) is 0.0831. The summed E-state index contributed by atoms with van der Waals surface area (Å²) in [6, 6.07) is 12.0. The van der Waals surface area contributed by atoms with Crippen molar-refractivity contribution in [1.29, 1.82) is 0 Å². The van der Waals surface area contributed by atoms with Gasteiger partial charge in [0.1, 0.15) is 11.3 Å². The second kappa shape index (κ2) is 7.09. The lowest BCUT2D eigenvalue weighted by Crippen LogP contribution is -2.11. The maximum Gasteiger partial charge on any atom is 0.250 e. The Bertz CT molecular complexity index is 1020. The zero-order valence-electron chi connectivity index (χ0n) is 14.4. The fraction of sp³-hybridized carbons (Fsp3) is 0.167. The molecule has 2 aromatic carbocycles. The Kier molecular flexibility index (Phi) is 4.85. The van der Waals surface area contributed by atoms with Crippen LogP contribution in [0.2, 0.25) is 0 Å². The Morgan fingerprint density at radius 1 is 1.19 bits per heavy atom. The minimum absolute atomic E-state index is 0.163. The number of nitrogens with one attached hydrogen (secondary N) is 1. The molecule has 0 aliphatic rings. The number of carbonyl (C=O) groups excluding carboxylic acids is 2. The van der Waals surface area contributed by atoms with E-state index < -0.39 is 16.7 Å². The van der Waals surface area contributed by atoms with Crippen LogP contribution in [0.1, 0.15) is 23.1 Å². The smallest absolute Gasteiger partial charge is 0.250 e. The van der Waals surface area contributed by atoms with Gasteiger partial charge in [-0.25, -0.2) is 4.98 Å². The highest BCUT2D eigenvalue weighted by molar-refractivity contribution is 7.84. The second-order valence-electron chi connectivity index (χ2n) is 5.82. The number of aryl methyl sites for hydroxylation is 1. The van der Waals surface area contributed by atoms with Gasteiger partial charge in [-0.2, -0.15) is 0 Å². The lowest BCUT2D eigenvalue weighted by molar-refractivity contribution is -0.114. The Balaban J connectivity index is 1.87. The van der Waals surface area contributed by atoms with Gasteiger partial charge in [-0.1, -0.05) is 6.07 Å². The first-order valence-corrected chi connectivity index (χ1v) is 9.19. The van der Waals surface area contributed by atoms with Crippen LogP contribution < -0.4 is 11.1 Å². The van der Waals surface area contributed by atoms with E-state index in [1.807, 2.05) is 17.7 Å². The van der Waals surface area contributed by atoms with Crippen molar-refractivity contribution < 1.29 is 13.8 Å². The molecule has 0 aliphatic carbocycles. The third-order valence-corrected chi connectivity index (χ3v) is 5.29. The topological polar surface area (TPSA) is 107 Å². The molecule has 0 spiro atoms. The molecule has 1 atom stereocenters. The number of nitrogens with zero attached hydrogens (tertiary/aromatic N) is 2. The minimum atomic E-state index is -1.32. The number of hydrogen-bond donors (Lipinski definition) is 2. The average Bonchev–Trinajstić information content (AvgIpc) is 2.91. The Morgan fingerprint density at radius 2 is 1.88 bits per heavy atom. The molecule has 3 aromatic rings. The van der Waals surface area contributed by atoms with Crippen molar-refractivity contribution in [2.24, 2.45) is 12.8 Å². The third-order valence-electron chi connectivity index (χ3n) is 3.97. The second-order valence-corrected chi connectivity index (χ2v) is 7.27.